The Morgan fingerprint density at radius 2 is 2.45 bits per heavy atom. The highest BCUT2D eigenvalue weighted by molar-refractivity contribution is 5.77. The minimum Gasteiger partial charge on any atom is -0.303 e. The van der Waals surface area contributed by atoms with Crippen molar-refractivity contribution >= 4 is 6.21 Å². The van der Waals surface area contributed by atoms with Crippen LogP contribution in [0, 0.1) is 5.92 Å². The van der Waals surface area contributed by atoms with Gasteiger partial charge in [0.25, 0.3) is 0 Å². The monoisotopic (exact) mass is 150 g/mol. The Balaban J connectivity index is 2.14. The van der Waals surface area contributed by atoms with Crippen molar-refractivity contribution in [3.05, 3.63) is 11.6 Å². The Hall–Kier alpha value is -0.790. The highest BCUT2D eigenvalue weighted by Gasteiger charge is 2.50. The molecule has 1 heterocycles. The Kier molecular flexibility index (Phi) is 1.31. The lowest BCUT2D eigenvalue weighted by molar-refractivity contribution is 0.491. The quantitative estimate of drug-likeness (QED) is 0.558. The summed E-state index contributed by atoms with van der Waals surface area (Å²) in [6.07, 6.45) is 6.58. The fraction of sp³-hybridized carbons (Fsp3) is 0.667. The summed E-state index contributed by atoms with van der Waals surface area (Å²) >= 11 is 0. The summed E-state index contributed by atoms with van der Waals surface area (Å²) in [4.78, 5) is 0. The van der Waals surface area contributed by atoms with Crippen LogP contribution in [0.2, 0.25) is 0 Å². The maximum Gasteiger partial charge on any atom is 0.0613 e. The van der Waals surface area contributed by atoms with Crippen molar-refractivity contribution in [3.63, 3.8) is 0 Å². The molecule has 2 aliphatic rings. The van der Waals surface area contributed by atoms with Crippen molar-refractivity contribution in [3.8, 4) is 0 Å². The van der Waals surface area contributed by atoms with Crippen molar-refractivity contribution in [1.82, 2.24) is 5.43 Å². The van der Waals surface area contributed by atoms with Gasteiger partial charge in [0.1, 0.15) is 0 Å². The molecule has 0 bridgehead atoms. The number of nitrogens with zero attached hydrogens (tertiary/aromatic N) is 1. The standard InChI is InChI=1S/C9H14N2/c1-7-3-4-9(5-8(9)2)11-10-6-7/h3,6,8,11H,4-5H2,1-2H3/t8-,9?/m1/s1. The zero-order valence-electron chi connectivity index (χ0n) is 7.09. The molecule has 2 heteroatoms. The molecule has 1 aliphatic heterocycles. The van der Waals surface area contributed by atoms with Crippen LogP contribution in [-0.2, 0) is 0 Å². The zero-order chi connectivity index (χ0) is 7.90. The van der Waals surface area contributed by atoms with Gasteiger partial charge in [-0.25, -0.2) is 0 Å². The first-order chi connectivity index (χ1) is 5.23. The number of allylic oxidation sites excluding steroid dienone is 1. The lowest BCUT2D eigenvalue weighted by Gasteiger charge is -2.11. The van der Waals surface area contributed by atoms with Crippen LogP contribution in [-0.4, -0.2) is 11.8 Å². The maximum absolute atomic E-state index is 4.17. The van der Waals surface area contributed by atoms with Gasteiger partial charge in [-0.1, -0.05) is 13.0 Å². The van der Waals surface area contributed by atoms with Crippen molar-refractivity contribution in [2.45, 2.75) is 32.2 Å². The Morgan fingerprint density at radius 3 is 3.09 bits per heavy atom. The molecule has 2 atom stereocenters. The van der Waals surface area contributed by atoms with Crippen LogP contribution in [0.1, 0.15) is 26.7 Å². The number of rotatable bonds is 0. The van der Waals surface area contributed by atoms with Crippen molar-refractivity contribution < 1.29 is 0 Å². The largest absolute Gasteiger partial charge is 0.303 e. The molecule has 60 valence electrons. The molecule has 11 heavy (non-hydrogen) atoms. The predicted molar refractivity (Wildman–Crippen MR) is 46.5 cm³/mol. The summed E-state index contributed by atoms with van der Waals surface area (Å²) in [5.41, 5.74) is 4.83. The molecule has 1 spiro atoms. The number of hydrazone groups is 1. The van der Waals surface area contributed by atoms with Crippen LogP contribution in [0.15, 0.2) is 16.8 Å². The van der Waals surface area contributed by atoms with Gasteiger partial charge in [0, 0.05) is 6.21 Å². The van der Waals surface area contributed by atoms with E-state index in [9.17, 15) is 0 Å². The molecular weight excluding hydrogens is 136 g/mol. The van der Waals surface area contributed by atoms with Gasteiger partial charge in [-0.05, 0) is 31.3 Å². The summed E-state index contributed by atoms with van der Waals surface area (Å²) in [6, 6.07) is 0. The number of hydrogen-bond acceptors (Lipinski definition) is 2. The zero-order valence-corrected chi connectivity index (χ0v) is 7.09. The molecule has 1 N–H and O–H groups in total. The minimum absolute atomic E-state index is 0.328. The van der Waals surface area contributed by atoms with Crippen molar-refractivity contribution in [1.29, 1.82) is 0 Å². The van der Waals surface area contributed by atoms with Crippen LogP contribution in [0.4, 0.5) is 0 Å². The molecule has 0 amide bonds. The smallest absolute Gasteiger partial charge is 0.0613 e. The lowest BCUT2D eigenvalue weighted by atomic mass is 10.1. The normalized spacial score (nSPS) is 41.3. The molecule has 1 unspecified atom stereocenters. The first-order valence-corrected chi connectivity index (χ1v) is 4.20. The van der Waals surface area contributed by atoms with E-state index in [0.29, 0.717) is 5.54 Å². The SMILES string of the molecule is CC1=CCC2(C[C@H]2C)NN=C1. The minimum atomic E-state index is 0.328. The van der Waals surface area contributed by atoms with E-state index in [0.717, 1.165) is 12.3 Å². The van der Waals surface area contributed by atoms with Gasteiger partial charge in [-0.15, -0.1) is 0 Å². The lowest BCUT2D eigenvalue weighted by Crippen LogP contribution is -2.27. The van der Waals surface area contributed by atoms with Gasteiger partial charge < -0.3 is 5.43 Å². The van der Waals surface area contributed by atoms with Crippen molar-refractivity contribution in [2.24, 2.45) is 11.0 Å². The molecular formula is C9H14N2. The Labute approximate surface area is 67.4 Å². The Morgan fingerprint density at radius 1 is 1.73 bits per heavy atom. The molecule has 0 radical (unpaired) electrons. The second-order valence-electron chi connectivity index (χ2n) is 3.78. The van der Waals surface area contributed by atoms with Gasteiger partial charge in [-0.2, -0.15) is 5.10 Å². The molecule has 1 fully saturated rings. The van der Waals surface area contributed by atoms with Gasteiger partial charge in [0.05, 0.1) is 5.54 Å². The first-order valence-electron chi connectivity index (χ1n) is 4.20. The van der Waals surface area contributed by atoms with Gasteiger partial charge >= 0.3 is 0 Å². The summed E-state index contributed by atoms with van der Waals surface area (Å²) in [5, 5.41) is 4.17. The molecule has 1 saturated carbocycles. The molecule has 0 aromatic rings. The fourth-order valence-corrected chi connectivity index (χ4v) is 1.63. The second kappa shape index (κ2) is 2.10. The number of nitrogens with one attached hydrogen (secondary N) is 1. The van der Waals surface area contributed by atoms with Crippen molar-refractivity contribution in [2.75, 3.05) is 0 Å². The average Bonchev–Trinajstić information content (AvgIpc) is 2.62. The van der Waals surface area contributed by atoms with E-state index in [1.165, 1.54) is 12.0 Å². The highest BCUT2D eigenvalue weighted by Crippen LogP contribution is 2.46. The van der Waals surface area contributed by atoms with E-state index >= 15 is 0 Å². The van der Waals surface area contributed by atoms with Gasteiger partial charge in [-0.3, -0.25) is 0 Å². The molecule has 1 aliphatic carbocycles. The highest BCUT2D eigenvalue weighted by atomic mass is 15.3. The van der Waals surface area contributed by atoms with Crippen LogP contribution < -0.4 is 5.43 Å². The Bertz CT molecular complexity index is 230. The van der Waals surface area contributed by atoms with Gasteiger partial charge in [0.2, 0.25) is 0 Å². The third-order valence-electron chi connectivity index (χ3n) is 2.80. The van der Waals surface area contributed by atoms with E-state index in [2.05, 4.69) is 30.5 Å². The van der Waals surface area contributed by atoms with Crippen LogP contribution in [0.25, 0.3) is 0 Å². The second-order valence-corrected chi connectivity index (χ2v) is 3.78. The molecule has 2 nitrogen and oxygen atoms in total. The molecule has 0 aromatic heterocycles. The van der Waals surface area contributed by atoms with E-state index in [4.69, 9.17) is 0 Å². The van der Waals surface area contributed by atoms with E-state index < -0.39 is 0 Å². The molecule has 2 rings (SSSR count). The molecule has 0 saturated heterocycles. The fourth-order valence-electron chi connectivity index (χ4n) is 1.63. The van der Waals surface area contributed by atoms with Gasteiger partial charge in [0.15, 0.2) is 0 Å². The summed E-state index contributed by atoms with van der Waals surface area (Å²) < 4.78 is 0. The van der Waals surface area contributed by atoms with Crippen LogP contribution >= 0.6 is 0 Å². The van der Waals surface area contributed by atoms with Crippen LogP contribution in [0.5, 0.6) is 0 Å². The summed E-state index contributed by atoms with van der Waals surface area (Å²) in [6.45, 7) is 4.37. The van der Waals surface area contributed by atoms with E-state index in [-0.39, 0.29) is 0 Å². The first kappa shape index (κ1) is 6.89. The average molecular weight is 150 g/mol. The summed E-state index contributed by atoms with van der Waals surface area (Å²) in [7, 11) is 0. The molecule has 0 aromatic carbocycles. The number of hydrogen-bond donors (Lipinski definition) is 1. The summed E-state index contributed by atoms with van der Waals surface area (Å²) in [5.74, 6) is 0.793. The third-order valence-corrected chi connectivity index (χ3v) is 2.80. The van der Waals surface area contributed by atoms with E-state index in [1.807, 2.05) is 6.21 Å². The third kappa shape index (κ3) is 1.06. The van der Waals surface area contributed by atoms with Crippen LogP contribution in [0.3, 0.4) is 0 Å². The predicted octanol–water partition coefficient (Wildman–Crippen LogP) is 1.69. The van der Waals surface area contributed by atoms with E-state index in [1.54, 1.807) is 0 Å². The maximum atomic E-state index is 4.17. The topological polar surface area (TPSA) is 24.4 Å².